The van der Waals surface area contributed by atoms with Crippen molar-refractivity contribution in [2.24, 2.45) is 5.92 Å². The average Bonchev–Trinajstić information content (AvgIpc) is 2.83. The number of benzene rings is 2. The van der Waals surface area contributed by atoms with Crippen LogP contribution in [0.5, 0.6) is 11.5 Å². The molecule has 1 aliphatic heterocycles. The number of hydrogen-bond acceptors (Lipinski definition) is 5. The van der Waals surface area contributed by atoms with Crippen LogP contribution >= 0.6 is 11.6 Å². The molecule has 0 bridgehead atoms. The van der Waals surface area contributed by atoms with E-state index >= 15 is 0 Å². The summed E-state index contributed by atoms with van der Waals surface area (Å²) in [5.41, 5.74) is 0.303. The van der Waals surface area contributed by atoms with Crippen LogP contribution in [0.2, 0.25) is 5.02 Å². The quantitative estimate of drug-likeness (QED) is 0.520. The third kappa shape index (κ3) is 5.92. The van der Waals surface area contributed by atoms with E-state index in [0.29, 0.717) is 34.7 Å². The first kappa shape index (κ1) is 25.2. The summed E-state index contributed by atoms with van der Waals surface area (Å²) in [7, 11) is -2.46. The highest BCUT2D eigenvalue weighted by molar-refractivity contribution is 7.92. The predicted octanol–water partition coefficient (Wildman–Crippen LogP) is 4.64. The van der Waals surface area contributed by atoms with E-state index in [0.717, 1.165) is 25.7 Å². The first-order valence-corrected chi connectivity index (χ1v) is 13.0. The number of sulfonamides is 1. The molecule has 3 rings (SSSR count). The first-order chi connectivity index (χ1) is 15.8. The van der Waals surface area contributed by atoms with Gasteiger partial charge in [-0.1, -0.05) is 44.7 Å². The van der Waals surface area contributed by atoms with E-state index in [1.807, 2.05) is 0 Å². The molecule has 1 amide bonds. The van der Waals surface area contributed by atoms with Gasteiger partial charge in [0, 0.05) is 11.6 Å². The summed E-state index contributed by atoms with van der Waals surface area (Å²) in [6, 6.07) is 10.8. The van der Waals surface area contributed by atoms with Crippen LogP contribution < -0.4 is 19.1 Å². The maximum Gasteiger partial charge on any atom is 0.264 e. The standard InChI is InChI=1S/C24H31ClN2O5S/c1-4-6-7-17(5-2)15-26-24(28)23-16-27(21-14-18(25)8-13-22(21)32-23)33(29,30)20-11-9-19(31-3)10-12-20/h8-14,17,23H,4-7,15-16H2,1-3H3,(H,26,28). The molecule has 2 aromatic carbocycles. The fraction of sp³-hybridized carbons (Fsp3) is 0.458. The molecule has 2 aromatic rings. The Morgan fingerprint density at radius 3 is 2.61 bits per heavy atom. The van der Waals surface area contributed by atoms with Crippen molar-refractivity contribution in [3.05, 3.63) is 47.5 Å². The van der Waals surface area contributed by atoms with Gasteiger partial charge in [-0.15, -0.1) is 0 Å². The lowest BCUT2D eigenvalue weighted by atomic mass is 9.99. The minimum Gasteiger partial charge on any atom is -0.497 e. The highest BCUT2D eigenvalue weighted by atomic mass is 35.5. The molecular formula is C24H31ClN2O5S. The van der Waals surface area contributed by atoms with E-state index < -0.39 is 16.1 Å². The van der Waals surface area contributed by atoms with E-state index in [4.69, 9.17) is 21.1 Å². The Hall–Kier alpha value is -2.45. The molecule has 0 aliphatic carbocycles. The molecule has 2 unspecified atom stereocenters. The molecule has 0 saturated heterocycles. The van der Waals surface area contributed by atoms with Gasteiger partial charge in [-0.05, 0) is 54.8 Å². The van der Waals surface area contributed by atoms with Gasteiger partial charge in [0.25, 0.3) is 15.9 Å². The minimum absolute atomic E-state index is 0.0842. The Morgan fingerprint density at radius 2 is 1.97 bits per heavy atom. The average molecular weight is 495 g/mol. The molecule has 0 fully saturated rings. The van der Waals surface area contributed by atoms with Gasteiger partial charge in [0.05, 0.1) is 24.2 Å². The molecule has 180 valence electrons. The van der Waals surface area contributed by atoms with Crippen LogP contribution in [0, 0.1) is 5.92 Å². The largest absolute Gasteiger partial charge is 0.497 e. The minimum atomic E-state index is -3.97. The van der Waals surface area contributed by atoms with Crippen LogP contribution in [0.15, 0.2) is 47.4 Å². The lowest BCUT2D eigenvalue weighted by Crippen LogP contribution is -2.51. The number of nitrogens with one attached hydrogen (secondary N) is 1. The smallest absolute Gasteiger partial charge is 0.264 e. The van der Waals surface area contributed by atoms with Crippen molar-refractivity contribution in [2.75, 3.05) is 24.5 Å². The molecule has 0 radical (unpaired) electrons. The van der Waals surface area contributed by atoms with Gasteiger partial charge in [-0.25, -0.2) is 8.42 Å². The number of methoxy groups -OCH3 is 1. The Balaban J connectivity index is 1.85. The summed E-state index contributed by atoms with van der Waals surface area (Å²) in [6.07, 6.45) is 3.24. The lowest BCUT2D eigenvalue weighted by molar-refractivity contribution is -0.127. The third-order valence-electron chi connectivity index (χ3n) is 5.84. The Bertz CT molecular complexity index is 1060. The van der Waals surface area contributed by atoms with Crippen LogP contribution in [-0.2, 0) is 14.8 Å². The van der Waals surface area contributed by atoms with Crippen molar-refractivity contribution in [1.29, 1.82) is 0 Å². The van der Waals surface area contributed by atoms with Crippen molar-refractivity contribution in [3.63, 3.8) is 0 Å². The lowest BCUT2D eigenvalue weighted by Gasteiger charge is -2.35. The maximum atomic E-state index is 13.5. The van der Waals surface area contributed by atoms with Gasteiger partial charge in [0.15, 0.2) is 6.10 Å². The Kier molecular flexibility index (Phi) is 8.48. The first-order valence-electron chi connectivity index (χ1n) is 11.2. The number of carbonyl (C=O) groups excluding carboxylic acids is 1. The highest BCUT2D eigenvalue weighted by Crippen LogP contribution is 2.39. The molecule has 1 aliphatic rings. The monoisotopic (exact) mass is 494 g/mol. The highest BCUT2D eigenvalue weighted by Gasteiger charge is 2.37. The second kappa shape index (κ2) is 11.1. The molecule has 2 atom stereocenters. The fourth-order valence-electron chi connectivity index (χ4n) is 3.77. The maximum absolute atomic E-state index is 13.5. The second-order valence-corrected chi connectivity index (χ2v) is 10.4. The van der Waals surface area contributed by atoms with Gasteiger partial charge in [-0.2, -0.15) is 0 Å². The van der Waals surface area contributed by atoms with E-state index in [2.05, 4.69) is 19.2 Å². The molecule has 9 heteroatoms. The summed E-state index contributed by atoms with van der Waals surface area (Å²) in [5, 5.41) is 3.33. The Morgan fingerprint density at radius 1 is 1.24 bits per heavy atom. The topological polar surface area (TPSA) is 84.9 Å². The normalized spacial score (nSPS) is 16.5. The number of unbranched alkanes of at least 4 members (excludes halogenated alkanes) is 1. The zero-order valence-corrected chi connectivity index (χ0v) is 20.8. The second-order valence-electron chi connectivity index (χ2n) is 8.09. The molecule has 0 saturated carbocycles. The zero-order valence-electron chi connectivity index (χ0n) is 19.2. The van der Waals surface area contributed by atoms with Crippen molar-refractivity contribution in [3.8, 4) is 11.5 Å². The molecule has 1 N–H and O–H groups in total. The van der Waals surface area contributed by atoms with Crippen molar-refractivity contribution in [2.45, 2.75) is 50.5 Å². The van der Waals surface area contributed by atoms with Crippen LogP contribution in [0.1, 0.15) is 39.5 Å². The molecule has 1 heterocycles. The molecule has 0 aromatic heterocycles. The van der Waals surface area contributed by atoms with E-state index in [1.165, 1.54) is 29.6 Å². The number of ether oxygens (including phenoxy) is 2. The summed E-state index contributed by atoms with van der Waals surface area (Å²) in [4.78, 5) is 13.0. The number of rotatable bonds is 10. The van der Waals surface area contributed by atoms with Crippen molar-refractivity contribution in [1.82, 2.24) is 5.32 Å². The summed E-state index contributed by atoms with van der Waals surface area (Å²) in [5.74, 6) is 0.884. The number of halogens is 1. The molecule has 7 nitrogen and oxygen atoms in total. The summed E-state index contributed by atoms with van der Waals surface area (Å²) in [6.45, 7) is 4.63. The van der Waals surface area contributed by atoms with Crippen molar-refractivity contribution < 1.29 is 22.7 Å². The fourth-order valence-corrected chi connectivity index (χ4v) is 5.40. The van der Waals surface area contributed by atoms with Crippen molar-refractivity contribution >= 4 is 33.2 Å². The van der Waals surface area contributed by atoms with Crippen LogP contribution in [0.25, 0.3) is 0 Å². The van der Waals surface area contributed by atoms with Crippen LogP contribution in [0.3, 0.4) is 0 Å². The van der Waals surface area contributed by atoms with E-state index in [1.54, 1.807) is 24.3 Å². The number of nitrogens with zero attached hydrogens (tertiary/aromatic N) is 1. The number of fused-ring (bicyclic) bond motifs is 1. The van der Waals surface area contributed by atoms with E-state index in [9.17, 15) is 13.2 Å². The van der Waals surface area contributed by atoms with Crippen LogP contribution in [0.4, 0.5) is 5.69 Å². The number of amides is 1. The van der Waals surface area contributed by atoms with Crippen LogP contribution in [-0.4, -0.2) is 40.6 Å². The van der Waals surface area contributed by atoms with Gasteiger partial charge in [0.1, 0.15) is 11.5 Å². The number of anilines is 1. The van der Waals surface area contributed by atoms with Gasteiger partial charge < -0.3 is 14.8 Å². The molecule has 0 spiro atoms. The SMILES string of the molecule is CCCCC(CC)CNC(=O)C1CN(S(=O)(=O)c2ccc(OC)cc2)c2cc(Cl)ccc2O1. The molecular weight excluding hydrogens is 464 g/mol. The predicted molar refractivity (Wildman–Crippen MR) is 130 cm³/mol. The van der Waals surface area contributed by atoms with Gasteiger partial charge in [0.2, 0.25) is 0 Å². The van der Waals surface area contributed by atoms with Gasteiger partial charge >= 0.3 is 0 Å². The summed E-state index contributed by atoms with van der Waals surface area (Å²) < 4.78 is 39.2. The Labute approximate surface area is 201 Å². The number of hydrogen-bond donors (Lipinski definition) is 1. The zero-order chi connectivity index (χ0) is 24.0. The summed E-state index contributed by atoms with van der Waals surface area (Å²) >= 11 is 6.15. The number of carbonyl (C=O) groups is 1. The molecule has 33 heavy (non-hydrogen) atoms. The van der Waals surface area contributed by atoms with E-state index in [-0.39, 0.29) is 17.3 Å². The van der Waals surface area contributed by atoms with Gasteiger partial charge in [-0.3, -0.25) is 9.10 Å². The third-order valence-corrected chi connectivity index (χ3v) is 7.87.